The minimum Gasteiger partial charge on any atom is -0.477 e. The second kappa shape index (κ2) is 4.69. The van der Waals surface area contributed by atoms with Crippen molar-refractivity contribution in [3.8, 4) is 0 Å². The van der Waals surface area contributed by atoms with E-state index in [1.165, 1.54) is 0 Å². The van der Waals surface area contributed by atoms with Crippen LogP contribution in [0.4, 0.5) is 23.2 Å². The molecule has 1 N–H and O–H groups in total. The highest BCUT2D eigenvalue weighted by molar-refractivity contribution is 6.30. The van der Waals surface area contributed by atoms with Crippen molar-refractivity contribution in [2.75, 3.05) is 4.90 Å². The maximum Gasteiger partial charge on any atom is 0.341 e. The van der Waals surface area contributed by atoms with E-state index in [1.807, 2.05) is 0 Å². The molecule has 21 heavy (non-hydrogen) atoms. The number of carbonyl (C=O) groups is 3. The average Bonchev–Trinajstić information content (AvgIpc) is 2.63. The number of amides is 2. The molecular weight excluding hydrogens is 298 g/mol. The lowest BCUT2D eigenvalue weighted by molar-refractivity contribution is -0.120. The molecule has 1 aromatic carbocycles. The average molecular weight is 303 g/mol. The molecule has 0 aromatic heterocycles. The number of anilines is 1. The number of nitrogens with zero attached hydrogens (tertiary/aromatic N) is 1. The third-order valence-electron chi connectivity index (χ3n) is 2.78. The molecule has 5 nitrogen and oxygen atoms in total. The van der Waals surface area contributed by atoms with E-state index in [1.54, 1.807) is 0 Å². The number of carboxylic acid groups (broad SMARTS) is 1. The van der Waals surface area contributed by atoms with Crippen molar-refractivity contribution in [2.45, 2.75) is 6.92 Å². The van der Waals surface area contributed by atoms with Crippen LogP contribution in [-0.2, 0) is 9.59 Å². The van der Waals surface area contributed by atoms with Crippen LogP contribution in [0.1, 0.15) is 17.3 Å². The maximum atomic E-state index is 13.8. The lowest BCUT2D eigenvalue weighted by atomic mass is 10.1. The topological polar surface area (TPSA) is 74.7 Å². The van der Waals surface area contributed by atoms with Crippen molar-refractivity contribution in [3.63, 3.8) is 0 Å². The number of hydrogen-bond acceptors (Lipinski definition) is 3. The number of halogens is 4. The van der Waals surface area contributed by atoms with Crippen molar-refractivity contribution >= 4 is 23.5 Å². The van der Waals surface area contributed by atoms with Crippen LogP contribution >= 0.6 is 0 Å². The minimum absolute atomic E-state index is 0.0994. The molecule has 1 aromatic rings. The van der Waals surface area contributed by atoms with Gasteiger partial charge in [-0.2, -0.15) is 0 Å². The van der Waals surface area contributed by atoms with Crippen LogP contribution in [0, 0.1) is 23.3 Å². The molecule has 2 rings (SSSR count). The Morgan fingerprint density at radius 1 is 1.05 bits per heavy atom. The molecule has 9 heteroatoms. The van der Waals surface area contributed by atoms with E-state index < -0.39 is 52.3 Å². The molecule has 0 spiro atoms. The summed E-state index contributed by atoms with van der Waals surface area (Å²) in [5, 5.41) is 8.53. The summed E-state index contributed by atoms with van der Waals surface area (Å²) < 4.78 is 54.6. The fourth-order valence-electron chi connectivity index (χ4n) is 1.80. The van der Waals surface area contributed by atoms with E-state index in [4.69, 9.17) is 5.11 Å². The number of rotatable bonds is 2. The Morgan fingerprint density at radius 2 is 1.52 bits per heavy atom. The van der Waals surface area contributed by atoms with Crippen LogP contribution in [0.2, 0.25) is 0 Å². The van der Waals surface area contributed by atoms with Crippen LogP contribution < -0.4 is 4.90 Å². The molecular formula is C12H5F4NO4. The highest BCUT2D eigenvalue weighted by atomic mass is 19.2. The molecule has 0 bridgehead atoms. The lowest BCUT2D eigenvalue weighted by Gasteiger charge is -2.17. The largest absolute Gasteiger partial charge is 0.477 e. The molecule has 0 saturated carbocycles. The summed E-state index contributed by atoms with van der Waals surface area (Å²) in [6.45, 7) is 1.16. The van der Waals surface area contributed by atoms with Gasteiger partial charge in [0.1, 0.15) is 11.3 Å². The van der Waals surface area contributed by atoms with Gasteiger partial charge in [0, 0.05) is 11.6 Å². The zero-order valence-electron chi connectivity index (χ0n) is 10.2. The Hall–Kier alpha value is -2.71. The SMILES string of the molecule is CC1=CC(=O)N(c2c(F)c(F)c(C(=O)O)c(F)c2F)C1=O. The zero-order valence-corrected chi connectivity index (χ0v) is 10.2. The third-order valence-corrected chi connectivity index (χ3v) is 2.78. The van der Waals surface area contributed by atoms with Crippen molar-refractivity contribution in [1.29, 1.82) is 0 Å². The van der Waals surface area contributed by atoms with Crippen LogP contribution in [0.25, 0.3) is 0 Å². The zero-order chi connectivity index (χ0) is 16.1. The predicted molar refractivity (Wildman–Crippen MR) is 59.5 cm³/mol. The normalized spacial score (nSPS) is 14.7. The van der Waals surface area contributed by atoms with E-state index in [-0.39, 0.29) is 10.5 Å². The lowest BCUT2D eigenvalue weighted by Crippen LogP contribution is -2.33. The quantitative estimate of drug-likeness (QED) is 0.513. The Kier molecular flexibility index (Phi) is 3.28. The monoisotopic (exact) mass is 303 g/mol. The highest BCUT2D eigenvalue weighted by Crippen LogP contribution is 2.33. The molecule has 110 valence electrons. The van der Waals surface area contributed by atoms with Gasteiger partial charge in [-0.25, -0.2) is 27.3 Å². The molecule has 0 aliphatic carbocycles. The molecule has 0 radical (unpaired) electrons. The first-order valence-corrected chi connectivity index (χ1v) is 5.34. The summed E-state index contributed by atoms with van der Waals surface area (Å²) in [5.74, 6) is -13.3. The number of carbonyl (C=O) groups excluding carboxylic acids is 2. The van der Waals surface area contributed by atoms with Gasteiger partial charge in [0.05, 0.1) is 0 Å². The van der Waals surface area contributed by atoms with Crippen molar-refractivity contribution in [3.05, 3.63) is 40.5 Å². The summed E-state index contributed by atoms with van der Waals surface area (Å²) in [6, 6.07) is 0. The summed E-state index contributed by atoms with van der Waals surface area (Å²) in [7, 11) is 0. The fraction of sp³-hybridized carbons (Fsp3) is 0.0833. The summed E-state index contributed by atoms with van der Waals surface area (Å²) in [4.78, 5) is 33.6. The Bertz CT molecular complexity index is 712. The standard InChI is InChI=1S/C12H5F4NO4/c1-3-2-4(18)17(11(3)19)10-8(15)6(13)5(12(20)21)7(14)9(10)16/h2H,1H3,(H,20,21). The van der Waals surface area contributed by atoms with Gasteiger partial charge in [0.2, 0.25) is 0 Å². The summed E-state index contributed by atoms with van der Waals surface area (Å²) >= 11 is 0. The number of aromatic carboxylic acids is 1. The van der Waals surface area contributed by atoms with Gasteiger partial charge in [0.15, 0.2) is 23.3 Å². The number of imide groups is 1. The van der Waals surface area contributed by atoms with Crippen LogP contribution in [0.15, 0.2) is 11.6 Å². The first-order valence-electron chi connectivity index (χ1n) is 5.34. The van der Waals surface area contributed by atoms with Crippen molar-refractivity contribution in [1.82, 2.24) is 0 Å². The van der Waals surface area contributed by atoms with Gasteiger partial charge < -0.3 is 5.11 Å². The molecule has 2 amide bonds. The number of carboxylic acids is 1. The molecule has 0 atom stereocenters. The first-order chi connectivity index (χ1) is 9.68. The minimum atomic E-state index is -2.23. The van der Waals surface area contributed by atoms with Gasteiger partial charge in [-0.05, 0) is 6.92 Å². The van der Waals surface area contributed by atoms with Gasteiger partial charge >= 0.3 is 5.97 Å². The molecule has 0 unspecified atom stereocenters. The predicted octanol–water partition coefficient (Wildman–Crippen LogP) is 1.76. The van der Waals surface area contributed by atoms with Crippen LogP contribution in [-0.4, -0.2) is 22.9 Å². The Morgan fingerprint density at radius 3 is 1.86 bits per heavy atom. The Labute approximate surface area is 114 Å². The first kappa shape index (κ1) is 14.7. The second-order valence-corrected chi connectivity index (χ2v) is 4.09. The molecule has 1 aliphatic rings. The van der Waals surface area contributed by atoms with E-state index in [0.717, 1.165) is 13.0 Å². The van der Waals surface area contributed by atoms with Gasteiger partial charge in [0.25, 0.3) is 11.8 Å². The fourth-order valence-corrected chi connectivity index (χ4v) is 1.80. The maximum absolute atomic E-state index is 13.8. The number of hydrogen-bond donors (Lipinski definition) is 1. The van der Waals surface area contributed by atoms with Gasteiger partial charge in [-0.3, -0.25) is 9.59 Å². The molecule has 1 heterocycles. The smallest absolute Gasteiger partial charge is 0.341 e. The van der Waals surface area contributed by atoms with E-state index in [2.05, 4.69) is 0 Å². The van der Waals surface area contributed by atoms with Crippen molar-refractivity contribution < 1.29 is 37.1 Å². The molecule has 1 aliphatic heterocycles. The van der Waals surface area contributed by atoms with E-state index in [9.17, 15) is 31.9 Å². The van der Waals surface area contributed by atoms with E-state index in [0.29, 0.717) is 0 Å². The van der Waals surface area contributed by atoms with Crippen molar-refractivity contribution in [2.24, 2.45) is 0 Å². The summed E-state index contributed by atoms with van der Waals surface area (Å²) in [5.41, 5.74) is -3.63. The van der Waals surface area contributed by atoms with E-state index >= 15 is 0 Å². The Balaban J connectivity index is 2.76. The van der Waals surface area contributed by atoms with Gasteiger partial charge in [-0.15, -0.1) is 0 Å². The third kappa shape index (κ3) is 1.97. The highest BCUT2D eigenvalue weighted by Gasteiger charge is 2.39. The van der Waals surface area contributed by atoms with Crippen LogP contribution in [0.3, 0.4) is 0 Å². The second-order valence-electron chi connectivity index (χ2n) is 4.09. The molecule has 0 saturated heterocycles. The number of benzene rings is 1. The molecule has 0 fully saturated rings. The summed E-state index contributed by atoms with van der Waals surface area (Å²) in [6.07, 6.45) is 0.724. The van der Waals surface area contributed by atoms with Gasteiger partial charge in [-0.1, -0.05) is 0 Å². The van der Waals surface area contributed by atoms with Crippen LogP contribution in [0.5, 0.6) is 0 Å².